The smallest absolute Gasteiger partial charge is 0.434 e. The number of aliphatic hydroxyl groups is 3. The van der Waals surface area contributed by atoms with Gasteiger partial charge < -0.3 is 68.9 Å². The second kappa shape index (κ2) is 20.0. The van der Waals surface area contributed by atoms with Crippen LogP contribution in [-0.4, -0.2) is 127 Å². The van der Waals surface area contributed by atoms with Crippen molar-refractivity contribution >= 4 is 47.9 Å². The van der Waals surface area contributed by atoms with Crippen molar-refractivity contribution in [2.75, 3.05) is 40.6 Å². The second-order valence-corrected chi connectivity index (χ2v) is 14.6. The van der Waals surface area contributed by atoms with Gasteiger partial charge in [0.2, 0.25) is 5.91 Å². The summed E-state index contributed by atoms with van der Waals surface area (Å²) in [6.07, 6.45) is -5.66. The Hall–Kier alpha value is -2.06. The van der Waals surface area contributed by atoms with Gasteiger partial charge in [0.1, 0.15) is 49.8 Å². The highest BCUT2D eigenvalue weighted by Gasteiger charge is 2.48. The molecule has 0 radical (unpaired) electrons. The molecule has 1 saturated heterocycles. The normalized spacial score (nSPS) is 29.8. The zero-order valence-electron chi connectivity index (χ0n) is 27.0. The van der Waals surface area contributed by atoms with E-state index >= 15 is 0 Å². The Morgan fingerprint density at radius 2 is 1.79 bits per heavy atom. The van der Waals surface area contributed by atoms with Crippen molar-refractivity contribution in [3.63, 3.8) is 0 Å². The van der Waals surface area contributed by atoms with E-state index in [2.05, 4.69) is 16.0 Å². The third-order valence-corrected chi connectivity index (χ3v) is 9.76. The SMILES string of the molecule is CO[C@H]1C(OP(O)(=S)OC)[C@@H](COC(=O)OCc2ccccc2)C[C@H]1NC(=S)NCCCCO[C@@H]1O[C@H](CO)[C@H](O)[C@H](O)[C@H]1NC(C)=O. The highest BCUT2D eigenvalue weighted by atomic mass is 32.5. The van der Waals surface area contributed by atoms with Gasteiger partial charge in [0, 0.05) is 40.2 Å². The summed E-state index contributed by atoms with van der Waals surface area (Å²) in [6, 6.07) is 7.74. The Balaban J connectivity index is 1.47. The molecule has 0 spiro atoms. The van der Waals surface area contributed by atoms with Crippen LogP contribution >= 0.6 is 18.9 Å². The Bertz CT molecular complexity index is 1220. The van der Waals surface area contributed by atoms with Gasteiger partial charge in [-0.05, 0) is 48.9 Å². The van der Waals surface area contributed by atoms with Crippen molar-refractivity contribution < 1.29 is 62.5 Å². The summed E-state index contributed by atoms with van der Waals surface area (Å²) in [5.74, 6) is -0.887. The molecule has 1 aromatic carbocycles. The molecule has 16 nitrogen and oxygen atoms in total. The lowest BCUT2D eigenvalue weighted by molar-refractivity contribution is -0.270. The van der Waals surface area contributed by atoms with Crippen molar-refractivity contribution in [3.8, 4) is 0 Å². The molecule has 272 valence electrons. The highest BCUT2D eigenvalue weighted by molar-refractivity contribution is 8.07. The molecule has 0 aromatic heterocycles. The van der Waals surface area contributed by atoms with E-state index in [9.17, 15) is 29.8 Å². The Kier molecular flexibility index (Phi) is 16.8. The maximum atomic E-state index is 12.3. The maximum absolute atomic E-state index is 12.3. The van der Waals surface area contributed by atoms with Gasteiger partial charge in [-0.15, -0.1) is 0 Å². The third-order valence-electron chi connectivity index (χ3n) is 7.82. The molecule has 1 saturated carbocycles. The standard InChI is InChI=1S/C29H46N3O13PS2/c1-17(34)31-22-24(36)23(35)21(14-33)44-27(22)41-12-8-7-11-30-28(47)32-20-13-19(25(26(20)39-2)45-46(38,48)40-3)16-43-29(37)42-15-18-9-5-4-6-10-18/h4-6,9-10,19-27,33,35-36H,7-8,11-16H2,1-3H3,(H,31,34)(H,38,48)(H2,30,32,47)/t19-,20-,21-,22-,23+,24-,25?,26-,27-,46?/m1/s1. The van der Waals surface area contributed by atoms with E-state index in [1.165, 1.54) is 21.1 Å². The largest absolute Gasteiger partial charge is 0.508 e. The Morgan fingerprint density at radius 3 is 2.44 bits per heavy atom. The number of rotatable bonds is 17. The number of hydrogen-bond acceptors (Lipinski definition) is 14. The number of amides is 1. The first-order valence-electron chi connectivity index (χ1n) is 15.4. The minimum atomic E-state index is -3.61. The van der Waals surface area contributed by atoms with Gasteiger partial charge in [-0.1, -0.05) is 30.3 Å². The van der Waals surface area contributed by atoms with Crippen LogP contribution in [0, 0.1) is 5.92 Å². The van der Waals surface area contributed by atoms with Gasteiger partial charge in [0.15, 0.2) is 11.4 Å². The maximum Gasteiger partial charge on any atom is 0.508 e. The summed E-state index contributed by atoms with van der Waals surface area (Å²) in [5, 5.41) is 39.1. The number of unbranched alkanes of at least 4 members (excludes halogenated alkanes) is 1. The lowest BCUT2D eigenvalue weighted by atomic mass is 9.97. The lowest BCUT2D eigenvalue weighted by Crippen LogP contribution is -2.64. The zero-order chi connectivity index (χ0) is 35.3. The second-order valence-electron chi connectivity index (χ2n) is 11.3. The van der Waals surface area contributed by atoms with E-state index in [4.69, 9.17) is 56.8 Å². The van der Waals surface area contributed by atoms with Crippen LogP contribution in [0.25, 0.3) is 0 Å². The average molecular weight is 740 g/mol. The molecule has 1 amide bonds. The summed E-state index contributed by atoms with van der Waals surface area (Å²) < 4.78 is 38.3. The van der Waals surface area contributed by atoms with Crippen molar-refractivity contribution in [3.05, 3.63) is 35.9 Å². The van der Waals surface area contributed by atoms with Crippen LogP contribution in [-0.2, 0) is 55.9 Å². The van der Waals surface area contributed by atoms with E-state index in [0.717, 1.165) is 5.56 Å². The monoisotopic (exact) mass is 739 g/mol. The Labute approximate surface area is 289 Å². The molecule has 1 aliphatic carbocycles. The van der Waals surface area contributed by atoms with E-state index < -0.39 is 80.2 Å². The van der Waals surface area contributed by atoms with Crippen LogP contribution in [0.1, 0.15) is 31.7 Å². The van der Waals surface area contributed by atoms with Crippen LogP contribution in [0.15, 0.2) is 30.3 Å². The van der Waals surface area contributed by atoms with Gasteiger partial charge in [-0.2, -0.15) is 0 Å². The molecule has 2 aliphatic rings. The molecule has 10 atom stereocenters. The van der Waals surface area contributed by atoms with Crippen LogP contribution < -0.4 is 16.0 Å². The minimum absolute atomic E-state index is 0.0473. The number of benzene rings is 1. The first-order chi connectivity index (χ1) is 22.9. The summed E-state index contributed by atoms with van der Waals surface area (Å²) in [6.45, 7) is -2.27. The predicted octanol–water partition coefficient (Wildman–Crippen LogP) is 0.196. The number of carbonyl (C=O) groups is 2. The summed E-state index contributed by atoms with van der Waals surface area (Å²) >= 11 is 10.6. The van der Waals surface area contributed by atoms with E-state index in [-0.39, 0.29) is 19.8 Å². The number of carbonyl (C=O) groups excluding carboxylic acids is 2. The fraction of sp³-hybridized carbons (Fsp3) is 0.690. The quantitative estimate of drug-likeness (QED) is 0.0492. The molecule has 2 unspecified atom stereocenters. The number of thiocarbonyl (C=S) groups is 1. The molecule has 1 aliphatic heterocycles. The van der Waals surface area contributed by atoms with Crippen molar-refractivity contribution in [1.29, 1.82) is 0 Å². The first kappa shape index (κ1) is 40.4. The summed E-state index contributed by atoms with van der Waals surface area (Å²) in [7, 11) is 2.72. The van der Waals surface area contributed by atoms with Gasteiger partial charge in [-0.25, -0.2) is 4.79 Å². The van der Waals surface area contributed by atoms with Gasteiger partial charge >= 0.3 is 12.9 Å². The van der Waals surface area contributed by atoms with E-state index in [1.807, 2.05) is 30.3 Å². The number of hydrogen-bond donors (Lipinski definition) is 7. The molecule has 19 heteroatoms. The number of nitrogens with one attached hydrogen (secondary N) is 3. The van der Waals surface area contributed by atoms with Crippen molar-refractivity contribution in [1.82, 2.24) is 16.0 Å². The van der Waals surface area contributed by atoms with Gasteiger partial charge in [0.05, 0.1) is 12.6 Å². The lowest BCUT2D eigenvalue weighted by Gasteiger charge is -2.42. The molecular formula is C29H46N3O13PS2. The highest BCUT2D eigenvalue weighted by Crippen LogP contribution is 2.48. The molecule has 3 rings (SSSR count). The third kappa shape index (κ3) is 12.4. The van der Waals surface area contributed by atoms with Crippen LogP contribution in [0.3, 0.4) is 0 Å². The minimum Gasteiger partial charge on any atom is -0.434 e. The average Bonchev–Trinajstić information content (AvgIpc) is 3.38. The fourth-order valence-electron chi connectivity index (χ4n) is 5.43. The number of ether oxygens (including phenoxy) is 5. The first-order valence-corrected chi connectivity index (χ1v) is 18.4. The van der Waals surface area contributed by atoms with E-state index in [1.54, 1.807) is 0 Å². The zero-order valence-corrected chi connectivity index (χ0v) is 29.5. The molecule has 1 aromatic rings. The van der Waals surface area contributed by atoms with Gasteiger partial charge in [-0.3, -0.25) is 4.79 Å². The molecular weight excluding hydrogens is 693 g/mol. The van der Waals surface area contributed by atoms with Crippen LogP contribution in [0.4, 0.5) is 4.79 Å². The molecule has 48 heavy (non-hydrogen) atoms. The number of aliphatic hydroxyl groups excluding tert-OH is 3. The number of methoxy groups -OCH3 is 1. The summed E-state index contributed by atoms with van der Waals surface area (Å²) in [5.41, 5.74) is 0.806. The van der Waals surface area contributed by atoms with Crippen LogP contribution in [0.2, 0.25) is 0 Å². The summed E-state index contributed by atoms with van der Waals surface area (Å²) in [4.78, 5) is 34.3. The van der Waals surface area contributed by atoms with E-state index in [0.29, 0.717) is 30.9 Å². The molecule has 1 heterocycles. The predicted molar refractivity (Wildman–Crippen MR) is 178 cm³/mol. The molecule has 0 bridgehead atoms. The fourth-order valence-corrected chi connectivity index (χ4v) is 6.67. The van der Waals surface area contributed by atoms with Crippen LogP contribution in [0.5, 0.6) is 0 Å². The van der Waals surface area contributed by atoms with Crippen molar-refractivity contribution in [2.45, 2.75) is 81.7 Å². The molecule has 2 fully saturated rings. The molecule has 7 N–H and O–H groups in total. The van der Waals surface area contributed by atoms with Crippen molar-refractivity contribution in [2.24, 2.45) is 5.92 Å². The Morgan fingerprint density at radius 1 is 1.06 bits per heavy atom. The topological polar surface area (TPSA) is 216 Å². The van der Waals surface area contributed by atoms with Gasteiger partial charge in [0.25, 0.3) is 0 Å².